The molecule has 21 heavy (non-hydrogen) atoms. The fraction of sp³-hybridized carbons (Fsp3) is 0.353. The maximum absolute atomic E-state index is 11.9. The Kier molecular flexibility index (Phi) is 4.68. The maximum Gasteiger partial charge on any atom is 0.237 e. The van der Waals surface area contributed by atoms with E-state index in [1.165, 1.54) is 16.0 Å². The Morgan fingerprint density at radius 1 is 1.19 bits per heavy atom. The van der Waals surface area contributed by atoms with Crippen LogP contribution in [0.3, 0.4) is 0 Å². The minimum atomic E-state index is -0.0465. The maximum atomic E-state index is 11.9. The van der Waals surface area contributed by atoms with Gasteiger partial charge in [-0.25, -0.2) is 0 Å². The van der Waals surface area contributed by atoms with E-state index in [1.807, 2.05) is 6.07 Å². The second-order valence-corrected chi connectivity index (χ2v) is 6.38. The molecule has 1 aromatic carbocycles. The van der Waals surface area contributed by atoms with Crippen LogP contribution in [0, 0.1) is 0 Å². The highest BCUT2D eigenvalue weighted by atomic mass is 32.1. The van der Waals surface area contributed by atoms with Crippen LogP contribution in [0.15, 0.2) is 41.8 Å². The lowest BCUT2D eigenvalue weighted by Crippen LogP contribution is -2.42. The number of carbonyl (C=O) groups is 1. The topological polar surface area (TPSA) is 41.1 Å². The smallest absolute Gasteiger partial charge is 0.237 e. The highest BCUT2D eigenvalue weighted by Gasteiger charge is 2.19. The van der Waals surface area contributed by atoms with Gasteiger partial charge in [0.05, 0.1) is 6.04 Å². The van der Waals surface area contributed by atoms with E-state index in [2.05, 4.69) is 46.3 Å². The fourth-order valence-corrected chi connectivity index (χ4v) is 3.46. The van der Waals surface area contributed by atoms with E-state index in [9.17, 15) is 4.79 Å². The van der Waals surface area contributed by atoms with Gasteiger partial charge in [0, 0.05) is 18.0 Å². The van der Waals surface area contributed by atoms with Gasteiger partial charge in [-0.05, 0) is 41.8 Å². The van der Waals surface area contributed by atoms with Crippen molar-refractivity contribution < 1.29 is 4.79 Å². The molecular weight excluding hydrogens is 280 g/mol. The standard InChI is InChI=1S/C17H20N2OS/c20-17-16(8-4-5-9-18-17)19-11-15-10-14(12-21-15)13-6-2-1-3-7-13/h1-3,6-7,10,12,16,19H,4-5,8-9,11H2,(H,18,20). The van der Waals surface area contributed by atoms with Gasteiger partial charge in [0.1, 0.15) is 0 Å². The van der Waals surface area contributed by atoms with Crippen LogP contribution in [0.2, 0.25) is 0 Å². The van der Waals surface area contributed by atoms with Gasteiger partial charge in [-0.1, -0.05) is 30.3 Å². The molecule has 1 unspecified atom stereocenters. The molecule has 3 nitrogen and oxygen atoms in total. The van der Waals surface area contributed by atoms with E-state index in [0.717, 1.165) is 32.4 Å². The third-order valence-corrected chi connectivity index (χ3v) is 4.76. The lowest BCUT2D eigenvalue weighted by Gasteiger charge is -2.14. The molecule has 1 aromatic heterocycles. The van der Waals surface area contributed by atoms with Gasteiger partial charge < -0.3 is 10.6 Å². The summed E-state index contributed by atoms with van der Waals surface area (Å²) < 4.78 is 0. The summed E-state index contributed by atoms with van der Waals surface area (Å²) in [6, 6.07) is 12.6. The molecule has 4 heteroatoms. The first-order valence-corrected chi connectivity index (χ1v) is 8.35. The number of hydrogen-bond donors (Lipinski definition) is 2. The van der Waals surface area contributed by atoms with E-state index in [-0.39, 0.29) is 11.9 Å². The molecule has 1 fully saturated rings. The number of benzene rings is 1. The molecule has 3 rings (SSSR count). The average molecular weight is 300 g/mol. The first kappa shape index (κ1) is 14.3. The molecule has 0 bridgehead atoms. The van der Waals surface area contributed by atoms with Crippen molar-refractivity contribution >= 4 is 17.2 Å². The normalized spacial score (nSPS) is 19.0. The van der Waals surface area contributed by atoms with Gasteiger partial charge in [0.15, 0.2) is 0 Å². The summed E-state index contributed by atoms with van der Waals surface area (Å²) in [6.45, 7) is 1.57. The summed E-state index contributed by atoms with van der Waals surface area (Å²) in [5.74, 6) is 0.146. The van der Waals surface area contributed by atoms with Gasteiger partial charge in [0.2, 0.25) is 5.91 Å². The molecule has 0 saturated carbocycles. The number of hydrogen-bond acceptors (Lipinski definition) is 3. The van der Waals surface area contributed by atoms with E-state index < -0.39 is 0 Å². The van der Waals surface area contributed by atoms with E-state index >= 15 is 0 Å². The predicted octanol–water partition coefficient (Wildman–Crippen LogP) is 3.17. The molecule has 2 heterocycles. The highest BCUT2D eigenvalue weighted by molar-refractivity contribution is 7.10. The van der Waals surface area contributed by atoms with Crippen LogP contribution < -0.4 is 10.6 Å². The van der Waals surface area contributed by atoms with Gasteiger partial charge in [-0.3, -0.25) is 4.79 Å². The first-order valence-electron chi connectivity index (χ1n) is 7.47. The Morgan fingerprint density at radius 3 is 2.90 bits per heavy atom. The van der Waals surface area contributed by atoms with Gasteiger partial charge >= 0.3 is 0 Å². The highest BCUT2D eigenvalue weighted by Crippen LogP contribution is 2.25. The van der Waals surface area contributed by atoms with Crippen molar-refractivity contribution in [3.8, 4) is 11.1 Å². The Balaban J connectivity index is 1.61. The third-order valence-electron chi connectivity index (χ3n) is 3.82. The number of amides is 1. The Hall–Kier alpha value is -1.65. The minimum absolute atomic E-state index is 0.0465. The summed E-state index contributed by atoms with van der Waals surface area (Å²) in [5.41, 5.74) is 2.50. The van der Waals surface area contributed by atoms with Crippen LogP contribution in [0.1, 0.15) is 24.1 Å². The van der Waals surface area contributed by atoms with Crippen LogP contribution >= 0.6 is 11.3 Å². The van der Waals surface area contributed by atoms with E-state index in [1.54, 1.807) is 11.3 Å². The average Bonchev–Trinajstić information content (AvgIpc) is 2.90. The molecule has 1 aliphatic rings. The SMILES string of the molecule is O=C1NCCCCC1NCc1cc(-c2ccccc2)cs1. The fourth-order valence-electron chi connectivity index (χ4n) is 2.61. The molecule has 1 amide bonds. The summed E-state index contributed by atoms with van der Waals surface area (Å²) in [7, 11) is 0. The summed E-state index contributed by atoms with van der Waals surface area (Å²) in [6.07, 6.45) is 3.12. The predicted molar refractivity (Wildman–Crippen MR) is 87.2 cm³/mol. The van der Waals surface area contributed by atoms with Crippen molar-refractivity contribution in [2.45, 2.75) is 31.8 Å². The molecule has 2 aromatic rings. The van der Waals surface area contributed by atoms with Crippen molar-refractivity contribution in [2.75, 3.05) is 6.54 Å². The lowest BCUT2D eigenvalue weighted by molar-refractivity contribution is -0.122. The molecule has 1 aliphatic heterocycles. The quantitative estimate of drug-likeness (QED) is 0.910. The summed E-state index contributed by atoms with van der Waals surface area (Å²) in [5, 5.41) is 8.53. The Morgan fingerprint density at radius 2 is 2.05 bits per heavy atom. The number of thiophene rings is 1. The second kappa shape index (κ2) is 6.87. The van der Waals surface area contributed by atoms with Gasteiger partial charge in [-0.2, -0.15) is 0 Å². The Labute approximate surface area is 129 Å². The van der Waals surface area contributed by atoms with Gasteiger partial charge in [-0.15, -0.1) is 11.3 Å². The monoisotopic (exact) mass is 300 g/mol. The van der Waals surface area contributed by atoms with Crippen molar-refractivity contribution in [1.29, 1.82) is 0 Å². The third kappa shape index (κ3) is 3.71. The van der Waals surface area contributed by atoms with E-state index in [4.69, 9.17) is 0 Å². The molecule has 0 aliphatic carbocycles. The van der Waals surface area contributed by atoms with Crippen molar-refractivity contribution in [3.63, 3.8) is 0 Å². The molecule has 110 valence electrons. The van der Waals surface area contributed by atoms with Crippen LogP contribution in [0.25, 0.3) is 11.1 Å². The summed E-state index contributed by atoms with van der Waals surface area (Å²) in [4.78, 5) is 13.2. The van der Waals surface area contributed by atoms with Crippen molar-refractivity contribution in [2.24, 2.45) is 0 Å². The molecular formula is C17H20N2OS. The van der Waals surface area contributed by atoms with Crippen LogP contribution in [0.4, 0.5) is 0 Å². The molecule has 0 spiro atoms. The largest absolute Gasteiger partial charge is 0.355 e. The zero-order valence-electron chi connectivity index (χ0n) is 12.0. The van der Waals surface area contributed by atoms with Gasteiger partial charge in [0.25, 0.3) is 0 Å². The molecule has 1 atom stereocenters. The minimum Gasteiger partial charge on any atom is -0.355 e. The first-order chi connectivity index (χ1) is 10.3. The lowest BCUT2D eigenvalue weighted by atomic mass is 10.1. The number of nitrogens with one attached hydrogen (secondary N) is 2. The van der Waals surface area contributed by atoms with Crippen LogP contribution in [-0.4, -0.2) is 18.5 Å². The van der Waals surface area contributed by atoms with Crippen LogP contribution in [0.5, 0.6) is 0 Å². The van der Waals surface area contributed by atoms with Crippen molar-refractivity contribution in [3.05, 3.63) is 46.7 Å². The zero-order chi connectivity index (χ0) is 14.5. The van der Waals surface area contributed by atoms with Crippen molar-refractivity contribution in [1.82, 2.24) is 10.6 Å². The number of carbonyl (C=O) groups excluding carboxylic acids is 1. The zero-order valence-corrected chi connectivity index (χ0v) is 12.8. The van der Waals surface area contributed by atoms with Crippen LogP contribution in [-0.2, 0) is 11.3 Å². The Bertz CT molecular complexity index is 594. The number of rotatable bonds is 4. The molecule has 2 N–H and O–H groups in total. The molecule has 1 saturated heterocycles. The second-order valence-electron chi connectivity index (χ2n) is 5.39. The summed E-state index contributed by atoms with van der Waals surface area (Å²) >= 11 is 1.75. The van der Waals surface area contributed by atoms with E-state index in [0.29, 0.717) is 0 Å². The molecule has 0 radical (unpaired) electrons.